The molecular weight excluding hydrogens is 424 g/mol. The lowest BCUT2D eigenvalue weighted by molar-refractivity contribution is -0.273. The number of carbonyl (C=O) groups is 2. The molecule has 0 aromatic heterocycles. The van der Waals surface area contributed by atoms with E-state index in [2.05, 4.69) is 36.4 Å². The fourth-order valence-corrected chi connectivity index (χ4v) is 8.58. The van der Waals surface area contributed by atoms with Gasteiger partial charge in [-0.1, -0.05) is 36.4 Å². The average Bonchev–Trinajstić information content (AvgIpc) is 2.79. The Morgan fingerprint density at radius 2 is 1.12 bits per heavy atom. The number of fused-ring (bicyclic) bond motifs is 6. The average molecular weight is 457 g/mol. The predicted octanol–water partition coefficient (Wildman–Crippen LogP) is 4.62. The van der Waals surface area contributed by atoms with Crippen molar-refractivity contribution in [2.45, 2.75) is 51.4 Å². The van der Waals surface area contributed by atoms with Crippen LogP contribution in [0.15, 0.2) is 36.4 Å². The maximum atomic E-state index is 13.0. The van der Waals surface area contributed by atoms with Crippen LogP contribution in [0, 0.1) is 35.5 Å². The summed E-state index contributed by atoms with van der Waals surface area (Å²) in [6, 6.07) is 14.4. The summed E-state index contributed by atoms with van der Waals surface area (Å²) in [6.07, 6.45) is 4.28. The number of hydrogen-bond donors (Lipinski definition) is 0. The third-order valence-electron chi connectivity index (χ3n) is 9.83. The third-order valence-corrected chi connectivity index (χ3v) is 9.83. The molecule has 3 saturated carbocycles. The quantitative estimate of drug-likeness (QED) is 0.631. The van der Waals surface area contributed by atoms with E-state index >= 15 is 0 Å². The predicted molar refractivity (Wildman–Crippen MR) is 127 cm³/mol. The molecule has 0 spiro atoms. The van der Waals surface area contributed by atoms with Crippen LogP contribution < -0.4 is 0 Å². The standard InChI is InChI=1S/C30H32O4/c1-3-33-29(31)27-25-23-21-19-13-15-5-6-16-8-10-18(12-11-17(19)9-7-15)20(14-16)22(21)24(23)26(25)28(27)30(32)34-4-2/h7-10,13-14,21-28H,3-6,11-12H2,1-2H3/t21-,22+,23+,24-,25-,26+,27+,28-. The monoisotopic (exact) mass is 456 g/mol. The van der Waals surface area contributed by atoms with Crippen molar-refractivity contribution in [1.82, 2.24) is 0 Å². The van der Waals surface area contributed by atoms with Crippen molar-refractivity contribution in [3.8, 4) is 0 Å². The molecule has 0 heterocycles. The molecule has 0 saturated heterocycles. The van der Waals surface area contributed by atoms with Crippen molar-refractivity contribution in [1.29, 1.82) is 0 Å². The number of hydrogen-bond acceptors (Lipinski definition) is 4. The number of carbonyl (C=O) groups excluding carboxylic acids is 2. The van der Waals surface area contributed by atoms with Gasteiger partial charge in [0.05, 0.1) is 25.0 Å². The SMILES string of the molecule is CCOC(=O)[C@@H]1[C@H](C(=O)OCC)[C@@H]2[C@H]1[C@H]1[C@@H]3c4cc5ccc4CCc4ccc(cc4[C@@H]3[C@@H]21)CC5. The lowest BCUT2D eigenvalue weighted by Gasteiger charge is -2.77. The second-order valence-corrected chi connectivity index (χ2v) is 11.0. The Hall–Kier alpha value is -2.62. The summed E-state index contributed by atoms with van der Waals surface area (Å²) < 4.78 is 10.9. The van der Waals surface area contributed by atoms with E-state index in [4.69, 9.17) is 9.47 Å². The fraction of sp³-hybridized carbons (Fsp3) is 0.533. The van der Waals surface area contributed by atoms with Gasteiger partial charge in [-0.25, -0.2) is 0 Å². The highest BCUT2D eigenvalue weighted by atomic mass is 16.5. The van der Waals surface area contributed by atoms with Gasteiger partial charge in [0.15, 0.2) is 0 Å². The molecule has 4 heteroatoms. The van der Waals surface area contributed by atoms with E-state index in [1.54, 1.807) is 0 Å². The molecule has 8 atom stereocenters. The van der Waals surface area contributed by atoms with Crippen LogP contribution in [-0.2, 0) is 44.7 Å². The molecule has 5 aliphatic carbocycles. The summed E-state index contributed by atoms with van der Waals surface area (Å²) in [5.41, 5.74) is 8.83. The van der Waals surface area contributed by atoms with Crippen molar-refractivity contribution >= 4 is 11.9 Å². The first-order valence-electron chi connectivity index (χ1n) is 13.2. The van der Waals surface area contributed by atoms with E-state index in [9.17, 15) is 9.59 Å². The van der Waals surface area contributed by atoms with Crippen LogP contribution in [0.3, 0.4) is 0 Å². The molecular formula is C30H32O4. The number of benzene rings is 2. The lowest BCUT2D eigenvalue weighted by Crippen LogP contribution is -2.76. The molecule has 176 valence electrons. The Kier molecular flexibility index (Phi) is 4.53. The molecule has 0 N–H and O–H groups in total. The minimum Gasteiger partial charge on any atom is -0.466 e. The van der Waals surface area contributed by atoms with Crippen LogP contribution in [-0.4, -0.2) is 25.2 Å². The van der Waals surface area contributed by atoms with Crippen molar-refractivity contribution < 1.29 is 19.1 Å². The first-order chi connectivity index (χ1) is 16.6. The molecule has 3 fully saturated rings. The van der Waals surface area contributed by atoms with Crippen LogP contribution in [0.25, 0.3) is 0 Å². The van der Waals surface area contributed by atoms with E-state index in [0.29, 0.717) is 36.9 Å². The second kappa shape index (κ2) is 7.44. The zero-order valence-electron chi connectivity index (χ0n) is 20.0. The normalized spacial score (nSPS) is 35.4. The zero-order chi connectivity index (χ0) is 23.1. The molecule has 34 heavy (non-hydrogen) atoms. The van der Waals surface area contributed by atoms with Crippen molar-refractivity contribution in [2.24, 2.45) is 35.5 Å². The first-order valence-corrected chi connectivity index (χ1v) is 13.2. The van der Waals surface area contributed by atoms with Gasteiger partial charge in [-0.15, -0.1) is 0 Å². The van der Waals surface area contributed by atoms with Gasteiger partial charge < -0.3 is 9.47 Å². The van der Waals surface area contributed by atoms with E-state index in [1.165, 1.54) is 33.4 Å². The number of esters is 2. The highest BCUT2D eigenvalue weighted by molar-refractivity contribution is 5.86. The largest absolute Gasteiger partial charge is 0.466 e. The van der Waals surface area contributed by atoms with Gasteiger partial charge in [-0.2, -0.15) is 0 Å². The van der Waals surface area contributed by atoms with E-state index < -0.39 is 0 Å². The molecule has 4 nitrogen and oxygen atoms in total. The molecule has 2 aromatic carbocycles. The molecule has 4 bridgehead atoms. The Morgan fingerprint density at radius 1 is 0.676 bits per heavy atom. The van der Waals surface area contributed by atoms with Gasteiger partial charge >= 0.3 is 11.9 Å². The second-order valence-electron chi connectivity index (χ2n) is 11.0. The lowest BCUT2D eigenvalue weighted by atomic mass is 9.26. The van der Waals surface area contributed by atoms with Crippen LogP contribution in [0.1, 0.15) is 59.1 Å². The molecule has 7 rings (SSSR count). The first kappa shape index (κ1) is 20.7. The Morgan fingerprint density at radius 3 is 1.53 bits per heavy atom. The van der Waals surface area contributed by atoms with Gasteiger partial charge in [0.1, 0.15) is 0 Å². The van der Waals surface area contributed by atoms with Gasteiger partial charge in [0, 0.05) is 0 Å². The summed E-state index contributed by atoms with van der Waals surface area (Å²) in [5, 5.41) is 0. The highest BCUT2D eigenvalue weighted by Crippen LogP contribution is 2.80. The maximum absolute atomic E-state index is 13.0. The summed E-state index contributed by atoms with van der Waals surface area (Å²) in [7, 11) is 0. The minimum absolute atomic E-state index is 0.202. The van der Waals surface area contributed by atoms with Gasteiger partial charge in [-0.3, -0.25) is 9.59 Å². The molecule has 2 aromatic rings. The summed E-state index contributed by atoms with van der Waals surface area (Å²) in [4.78, 5) is 26.0. The Labute approximate surface area is 201 Å². The topological polar surface area (TPSA) is 52.6 Å². The van der Waals surface area contributed by atoms with Gasteiger partial charge in [0.2, 0.25) is 0 Å². The smallest absolute Gasteiger partial charge is 0.310 e. The van der Waals surface area contributed by atoms with Crippen LogP contribution >= 0.6 is 0 Å². The van der Waals surface area contributed by atoms with E-state index in [0.717, 1.165) is 25.7 Å². The van der Waals surface area contributed by atoms with E-state index in [1.807, 2.05) is 13.8 Å². The van der Waals surface area contributed by atoms with Crippen molar-refractivity contribution in [3.63, 3.8) is 0 Å². The zero-order valence-corrected chi connectivity index (χ0v) is 20.0. The van der Waals surface area contributed by atoms with E-state index in [-0.39, 0.29) is 35.6 Å². The molecule has 0 aliphatic heterocycles. The number of aryl methyl sites for hydroxylation is 4. The number of ether oxygens (including phenoxy) is 2. The van der Waals surface area contributed by atoms with Crippen molar-refractivity contribution in [2.75, 3.05) is 13.2 Å². The summed E-state index contributed by atoms with van der Waals surface area (Å²) >= 11 is 0. The molecule has 0 radical (unpaired) electrons. The molecule has 0 amide bonds. The Bertz CT molecular complexity index is 1100. The molecule has 0 unspecified atom stereocenters. The number of rotatable bonds is 4. The highest BCUT2D eigenvalue weighted by Gasteiger charge is 2.79. The summed E-state index contributed by atoms with van der Waals surface area (Å²) in [6.45, 7) is 4.39. The van der Waals surface area contributed by atoms with Gasteiger partial charge in [-0.05, 0) is 108 Å². The minimum atomic E-state index is -0.345. The Balaban J connectivity index is 1.34. The van der Waals surface area contributed by atoms with Crippen LogP contribution in [0.2, 0.25) is 0 Å². The maximum Gasteiger partial charge on any atom is 0.310 e. The fourth-order valence-electron chi connectivity index (χ4n) is 8.58. The van der Waals surface area contributed by atoms with Gasteiger partial charge in [0.25, 0.3) is 0 Å². The summed E-state index contributed by atoms with van der Waals surface area (Å²) in [5.74, 6) is 1.18. The van der Waals surface area contributed by atoms with Crippen LogP contribution in [0.5, 0.6) is 0 Å². The molecule has 5 aliphatic rings. The third kappa shape index (κ3) is 2.60. The van der Waals surface area contributed by atoms with Crippen molar-refractivity contribution in [3.05, 3.63) is 69.8 Å². The van der Waals surface area contributed by atoms with Crippen LogP contribution in [0.4, 0.5) is 0 Å².